The average Bonchev–Trinajstić information content (AvgIpc) is 2.71. The fourth-order valence-electron chi connectivity index (χ4n) is 2.97. The van der Waals surface area contributed by atoms with Crippen molar-refractivity contribution in [1.82, 2.24) is 10.6 Å². The normalized spacial score (nSPS) is 11.7. The predicted molar refractivity (Wildman–Crippen MR) is 108 cm³/mol. The first-order valence-electron chi connectivity index (χ1n) is 9.20. The van der Waals surface area contributed by atoms with Gasteiger partial charge in [0.2, 0.25) is 11.8 Å². The van der Waals surface area contributed by atoms with Crippen LogP contribution in [-0.2, 0) is 22.6 Å². The third-order valence-corrected chi connectivity index (χ3v) is 4.53. The summed E-state index contributed by atoms with van der Waals surface area (Å²) < 4.78 is 0. The number of aryl methyl sites for hydroxylation is 1. The molecule has 0 aliphatic heterocycles. The molecule has 0 saturated carbocycles. The van der Waals surface area contributed by atoms with E-state index in [-0.39, 0.29) is 11.8 Å². The highest BCUT2D eigenvalue weighted by molar-refractivity contribution is 5.87. The first-order chi connectivity index (χ1) is 13.1. The molecule has 1 atom stereocenters. The largest absolute Gasteiger partial charge is 0.350 e. The topological polar surface area (TPSA) is 58.2 Å². The molecule has 27 heavy (non-hydrogen) atoms. The molecule has 0 aromatic heterocycles. The van der Waals surface area contributed by atoms with Crippen LogP contribution in [0.25, 0.3) is 10.8 Å². The number of carbonyl (C=O) groups is 2. The van der Waals surface area contributed by atoms with Crippen molar-refractivity contribution in [2.45, 2.75) is 32.4 Å². The third-order valence-electron chi connectivity index (χ3n) is 4.53. The number of benzene rings is 3. The van der Waals surface area contributed by atoms with Gasteiger partial charge in [-0.3, -0.25) is 9.59 Å². The predicted octanol–water partition coefficient (Wildman–Crippen LogP) is 3.59. The molecule has 0 spiro atoms. The summed E-state index contributed by atoms with van der Waals surface area (Å²) >= 11 is 0. The van der Waals surface area contributed by atoms with Gasteiger partial charge in [0, 0.05) is 13.0 Å². The van der Waals surface area contributed by atoms with Crippen molar-refractivity contribution in [2.75, 3.05) is 0 Å². The Balaban J connectivity index is 1.45. The van der Waals surface area contributed by atoms with Crippen molar-refractivity contribution < 1.29 is 9.59 Å². The molecule has 2 amide bonds. The lowest BCUT2D eigenvalue weighted by Crippen LogP contribution is -2.44. The van der Waals surface area contributed by atoms with Crippen molar-refractivity contribution in [2.24, 2.45) is 0 Å². The highest BCUT2D eigenvalue weighted by Gasteiger charge is 2.15. The van der Waals surface area contributed by atoms with Gasteiger partial charge < -0.3 is 10.6 Å². The Morgan fingerprint density at radius 1 is 0.852 bits per heavy atom. The first kappa shape index (κ1) is 18.6. The lowest BCUT2D eigenvalue weighted by molar-refractivity contribution is -0.128. The smallest absolute Gasteiger partial charge is 0.242 e. The molecule has 138 valence electrons. The maximum Gasteiger partial charge on any atom is 0.242 e. The van der Waals surface area contributed by atoms with E-state index in [9.17, 15) is 9.59 Å². The summed E-state index contributed by atoms with van der Waals surface area (Å²) in [4.78, 5) is 24.3. The van der Waals surface area contributed by atoms with Gasteiger partial charge in [-0.1, -0.05) is 72.8 Å². The lowest BCUT2D eigenvalue weighted by Gasteiger charge is -2.14. The van der Waals surface area contributed by atoms with E-state index in [2.05, 4.69) is 34.9 Å². The monoisotopic (exact) mass is 360 g/mol. The van der Waals surface area contributed by atoms with E-state index in [1.54, 1.807) is 6.92 Å². The fourth-order valence-corrected chi connectivity index (χ4v) is 2.97. The van der Waals surface area contributed by atoms with Gasteiger partial charge in [0.05, 0.1) is 0 Å². The molecule has 0 radical (unpaired) electrons. The second-order valence-corrected chi connectivity index (χ2v) is 6.67. The Bertz CT molecular complexity index is 922. The van der Waals surface area contributed by atoms with Gasteiger partial charge >= 0.3 is 0 Å². The maximum atomic E-state index is 12.2. The molecule has 4 heteroatoms. The van der Waals surface area contributed by atoms with Gasteiger partial charge in [0.15, 0.2) is 0 Å². The Morgan fingerprint density at radius 3 is 2.33 bits per heavy atom. The van der Waals surface area contributed by atoms with Crippen molar-refractivity contribution >= 4 is 22.6 Å². The van der Waals surface area contributed by atoms with E-state index >= 15 is 0 Å². The summed E-state index contributed by atoms with van der Waals surface area (Å²) in [6.45, 7) is 2.16. The molecular formula is C23H24N2O2. The minimum atomic E-state index is -0.558. The van der Waals surface area contributed by atoms with Crippen LogP contribution in [0.5, 0.6) is 0 Å². The summed E-state index contributed by atoms with van der Waals surface area (Å²) in [5.41, 5.74) is 2.14. The van der Waals surface area contributed by atoms with Gasteiger partial charge in [-0.15, -0.1) is 0 Å². The molecular weight excluding hydrogens is 336 g/mol. The molecule has 1 unspecified atom stereocenters. The van der Waals surface area contributed by atoms with Gasteiger partial charge in [-0.25, -0.2) is 0 Å². The SMILES string of the molecule is CC(NC(=O)CCc1ccc2ccccc2c1)C(=O)NCc1ccccc1. The molecule has 3 aromatic rings. The van der Waals surface area contributed by atoms with Crippen LogP contribution in [0.15, 0.2) is 72.8 Å². The van der Waals surface area contributed by atoms with Crippen LogP contribution >= 0.6 is 0 Å². The van der Waals surface area contributed by atoms with Crippen LogP contribution in [0.2, 0.25) is 0 Å². The second-order valence-electron chi connectivity index (χ2n) is 6.67. The van der Waals surface area contributed by atoms with Crippen LogP contribution in [0.4, 0.5) is 0 Å². The van der Waals surface area contributed by atoms with Crippen LogP contribution < -0.4 is 10.6 Å². The summed E-state index contributed by atoms with van der Waals surface area (Å²) in [6.07, 6.45) is 1.00. The standard InChI is InChI=1S/C23H24N2O2/c1-17(23(27)24-16-19-7-3-2-4-8-19)25-22(26)14-12-18-11-13-20-9-5-6-10-21(20)15-18/h2-11,13,15,17H,12,14,16H2,1H3,(H,24,27)(H,25,26). The van der Waals surface area contributed by atoms with Gasteiger partial charge in [-0.05, 0) is 35.2 Å². The molecule has 0 saturated heterocycles. The molecule has 2 N–H and O–H groups in total. The molecule has 0 fully saturated rings. The van der Waals surface area contributed by atoms with Gasteiger partial charge in [-0.2, -0.15) is 0 Å². The number of hydrogen-bond acceptors (Lipinski definition) is 2. The van der Waals surface area contributed by atoms with Gasteiger partial charge in [0.1, 0.15) is 6.04 Å². The summed E-state index contributed by atoms with van der Waals surface area (Å²) in [6, 6.07) is 23.5. The quantitative estimate of drug-likeness (QED) is 0.676. The van der Waals surface area contributed by atoms with Gasteiger partial charge in [0.25, 0.3) is 0 Å². The molecule has 4 nitrogen and oxygen atoms in total. The second kappa shape index (κ2) is 8.99. The van der Waals surface area contributed by atoms with Crippen molar-refractivity contribution in [3.8, 4) is 0 Å². The van der Waals surface area contributed by atoms with Crippen LogP contribution in [0, 0.1) is 0 Å². The molecule has 3 aromatic carbocycles. The molecule has 0 heterocycles. The number of nitrogens with one attached hydrogen (secondary N) is 2. The van der Waals surface area contributed by atoms with Crippen molar-refractivity contribution in [3.63, 3.8) is 0 Å². The highest BCUT2D eigenvalue weighted by Crippen LogP contribution is 2.16. The molecule has 0 bridgehead atoms. The number of hydrogen-bond donors (Lipinski definition) is 2. The zero-order chi connectivity index (χ0) is 19.1. The Hall–Kier alpha value is -3.14. The fraction of sp³-hybridized carbons (Fsp3) is 0.217. The van der Waals surface area contributed by atoms with E-state index in [4.69, 9.17) is 0 Å². The number of rotatable bonds is 7. The van der Waals surface area contributed by atoms with E-state index in [0.29, 0.717) is 19.4 Å². The minimum absolute atomic E-state index is 0.120. The van der Waals surface area contributed by atoms with Crippen LogP contribution in [0.3, 0.4) is 0 Å². The molecule has 0 aliphatic carbocycles. The average molecular weight is 360 g/mol. The Kier molecular flexibility index (Phi) is 6.21. The number of carbonyl (C=O) groups excluding carboxylic acids is 2. The third kappa shape index (κ3) is 5.42. The maximum absolute atomic E-state index is 12.2. The zero-order valence-corrected chi connectivity index (χ0v) is 15.4. The molecule has 3 rings (SSSR count). The number of amides is 2. The summed E-state index contributed by atoms with van der Waals surface area (Å²) in [5, 5.41) is 7.98. The Morgan fingerprint density at radius 2 is 1.56 bits per heavy atom. The van der Waals surface area contributed by atoms with E-state index in [1.165, 1.54) is 10.8 Å². The first-order valence-corrected chi connectivity index (χ1v) is 9.20. The van der Waals surface area contributed by atoms with Crippen molar-refractivity contribution in [1.29, 1.82) is 0 Å². The minimum Gasteiger partial charge on any atom is -0.350 e. The summed E-state index contributed by atoms with van der Waals surface area (Å²) in [5.74, 6) is -0.302. The lowest BCUT2D eigenvalue weighted by atomic mass is 10.0. The van der Waals surface area contributed by atoms with Crippen LogP contribution in [0.1, 0.15) is 24.5 Å². The zero-order valence-electron chi connectivity index (χ0n) is 15.4. The van der Waals surface area contributed by atoms with E-state index in [0.717, 1.165) is 11.1 Å². The molecule has 0 aliphatic rings. The Labute approximate surface area is 159 Å². The summed E-state index contributed by atoms with van der Waals surface area (Å²) in [7, 11) is 0. The van der Waals surface area contributed by atoms with Crippen LogP contribution in [-0.4, -0.2) is 17.9 Å². The van der Waals surface area contributed by atoms with E-state index in [1.807, 2.05) is 48.5 Å². The highest BCUT2D eigenvalue weighted by atomic mass is 16.2. The van der Waals surface area contributed by atoms with E-state index < -0.39 is 6.04 Å². The number of fused-ring (bicyclic) bond motifs is 1. The van der Waals surface area contributed by atoms with Crippen molar-refractivity contribution in [3.05, 3.63) is 83.9 Å².